The molecule has 0 aliphatic carbocycles. The van der Waals surface area contributed by atoms with E-state index >= 15 is 0 Å². The smallest absolute Gasteiger partial charge is 0.282 e. The Hall–Kier alpha value is -2.63. The van der Waals surface area contributed by atoms with E-state index in [2.05, 4.69) is 0 Å². The van der Waals surface area contributed by atoms with Crippen LogP contribution in [0.5, 0.6) is 0 Å². The van der Waals surface area contributed by atoms with Crippen LogP contribution < -0.4 is 4.90 Å². The van der Waals surface area contributed by atoms with Gasteiger partial charge in [-0.05, 0) is 36.8 Å². The number of imide groups is 1. The second-order valence-corrected chi connectivity index (χ2v) is 6.59. The highest BCUT2D eigenvalue weighted by atomic mass is 35.5. The van der Waals surface area contributed by atoms with E-state index in [9.17, 15) is 14.7 Å². The van der Waals surface area contributed by atoms with E-state index in [4.69, 9.17) is 11.6 Å². The monoisotopic (exact) mass is 370 g/mol. The summed E-state index contributed by atoms with van der Waals surface area (Å²) in [4.78, 5) is 29.0. The Labute approximate surface area is 157 Å². The Morgan fingerprint density at radius 1 is 1.00 bits per heavy atom. The van der Waals surface area contributed by atoms with Gasteiger partial charge in [-0.25, -0.2) is 4.90 Å². The van der Waals surface area contributed by atoms with Gasteiger partial charge in [0.1, 0.15) is 5.70 Å². The Morgan fingerprint density at radius 2 is 1.62 bits per heavy atom. The number of aryl methyl sites for hydroxylation is 1. The van der Waals surface area contributed by atoms with Gasteiger partial charge in [0.05, 0.1) is 17.9 Å². The van der Waals surface area contributed by atoms with Crippen LogP contribution in [-0.4, -0.2) is 42.0 Å². The fourth-order valence-corrected chi connectivity index (χ4v) is 3.07. The lowest BCUT2D eigenvalue weighted by Crippen LogP contribution is -2.34. The Kier molecular flexibility index (Phi) is 5.11. The maximum atomic E-state index is 13.1. The zero-order chi connectivity index (χ0) is 18.8. The largest absolute Gasteiger partial charge is 0.395 e. The fourth-order valence-electron chi connectivity index (χ4n) is 2.94. The molecule has 0 spiro atoms. The molecule has 2 aromatic carbocycles. The second kappa shape index (κ2) is 7.32. The van der Waals surface area contributed by atoms with E-state index < -0.39 is 5.91 Å². The lowest BCUT2D eigenvalue weighted by molar-refractivity contribution is -0.120. The van der Waals surface area contributed by atoms with Crippen LogP contribution in [-0.2, 0) is 9.59 Å². The van der Waals surface area contributed by atoms with E-state index in [-0.39, 0.29) is 24.8 Å². The second-order valence-electron chi connectivity index (χ2n) is 6.16. The minimum absolute atomic E-state index is 0.121. The number of nitrogens with zero attached hydrogens (tertiary/aromatic N) is 2. The predicted octanol–water partition coefficient (Wildman–Crippen LogP) is 2.86. The van der Waals surface area contributed by atoms with Gasteiger partial charge in [0.15, 0.2) is 0 Å². The topological polar surface area (TPSA) is 60.9 Å². The first-order chi connectivity index (χ1) is 12.4. The highest BCUT2D eigenvalue weighted by molar-refractivity contribution is 6.45. The first-order valence-corrected chi connectivity index (χ1v) is 8.59. The average molecular weight is 371 g/mol. The molecule has 0 bridgehead atoms. The van der Waals surface area contributed by atoms with Crippen molar-refractivity contribution in [1.29, 1.82) is 0 Å². The first-order valence-electron chi connectivity index (χ1n) is 8.21. The number of rotatable bonds is 5. The van der Waals surface area contributed by atoms with Crippen molar-refractivity contribution < 1.29 is 14.7 Å². The molecule has 1 N–H and O–H groups in total. The van der Waals surface area contributed by atoms with Gasteiger partial charge in [-0.1, -0.05) is 41.4 Å². The molecule has 6 heteroatoms. The SMILES string of the molecule is Cc1ccc(C2=C(N(C)CCO)C(=O)N(c3ccc(Cl)cc3)C2=O)cc1. The zero-order valence-corrected chi connectivity index (χ0v) is 15.3. The number of hydrogen-bond acceptors (Lipinski definition) is 4. The summed E-state index contributed by atoms with van der Waals surface area (Å²) in [6, 6.07) is 14.0. The molecular weight excluding hydrogens is 352 g/mol. The summed E-state index contributed by atoms with van der Waals surface area (Å²) in [6.07, 6.45) is 0. The molecule has 134 valence electrons. The number of aliphatic hydroxyl groups is 1. The van der Waals surface area contributed by atoms with E-state index in [1.54, 1.807) is 36.2 Å². The molecule has 0 radical (unpaired) electrons. The van der Waals surface area contributed by atoms with Crippen LogP contribution in [0.2, 0.25) is 5.02 Å². The number of carbonyl (C=O) groups is 2. The first kappa shape index (κ1) is 18.2. The molecule has 1 aliphatic heterocycles. The lowest BCUT2D eigenvalue weighted by Gasteiger charge is -2.20. The number of benzene rings is 2. The van der Waals surface area contributed by atoms with Crippen molar-refractivity contribution in [2.24, 2.45) is 0 Å². The van der Waals surface area contributed by atoms with Crippen molar-refractivity contribution in [3.8, 4) is 0 Å². The van der Waals surface area contributed by atoms with Crippen molar-refractivity contribution >= 4 is 34.7 Å². The van der Waals surface area contributed by atoms with Crippen LogP contribution in [0.25, 0.3) is 5.57 Å². The number of likely N-dealkylation sites (N-methyl/N-ethyl adjacent to an activating group) is 1. The van der Waals surface area contributed by atoms with Crippen LogP contribution in [0.15, 0.2) is 54.2 Å². The molecule has 0 unspecified atom stereocenters. The van der Waals surface area contributed by atoms with Gasteiger partial charge < -0.3 is 10.0 Å². The summed E-state index contributed by atoms with van der Waals surface area (Å²) < 4.78 is 0. The number of anilines is 1. The number of hydrogen-bond donors (Lipinski definition) is 1. The minimum atomic E-state index is -0.413. The van der Waals surface area contributed by atoms with Crippen molar-refractivity contribution in [2.75, 3.05) is 25.1 Å². The third kappa shape index (κ3) is 3.23. The van der Waals surface area contributed by atoms with Gasteiger partial charge >= 0.3 is 0 Å². The highest BCUT2D eigenvalue weighted by Gasteiger charge is 2.41. The van der Waals surface area contributed by atoms with E-state index in [1.165, 1.54) is 0 Å². The van der Waals surface area contributed by atoms with Gasteiger partial charge in [-0.2, -0.15) is 0 Å². The molecule has 5 nitrogen and oxygen atoms in total. The summed E-state index contributed by atoms with van der Waals surface area (Å²) in [6.45, 7) is 2.08. The Morgan fingerprint density at radius 3 is 2.19 bits per heavy atom. The molecule has 1 aliphatic rings. The van der Waals surface area contributed by atoms with E-state index in [0.29, 0.717) is 21.8 Å². The van der Waals surface area contributed by atoms with Gasteiger partial charge in [-0.3, -0.25) is 9.59 Å². The Bertz CT molecular complexity index is 873. The quantitative estimate of drug-likeness (QED) is 0.822. The lowest BCUT2D eigenvalue weighted by atomic mass is 10.0. The minimum Gasteiger partial charge on any atom is -0.395 e. The van der Waals surface area contributed by atoms with Crippen molar-refractivity contribution in [1.82, 2.24) is 4.90 Å². The molecule has 0 aromatic heterocycles. The number of amides is 2. The van der Waals surface area contributed by atoms with Crippen LogP contribution >= 0.6 is 11.6 Å². The number of carbonyl (C=O) groups excluding carboxylic acids is 2. The van der Waals surface area contributed by atoms with E-state index in [0.717, 1.165) is 10.5 Å². The molecule has 1 heterocycles. The van der Waals surface area contributed by atoms with Crippen molar-refractivity contribution in [3.05, 3.63) is 70.4 Å². The molecule has 26 heavy (non-hydrogen) atoms. The third-order valence-corrected chi connectivity index (χ3v) is 4.55. The average Bonchev–Trinajstić information content (AvgIpc) is 2.88. The molecular formula is C20H19ClN2O3. The van der Waals surface area contributed by atoms with Crippen LogP contribution in [0.1, 0.15) is 11.1 Å². The van der Waals surface area contributed by atoms with E-state index in [1.807, 2.05) is 31.2 Å². The standard InChI is InChI=1S/C20H19ClN2O3/c1-13-3-5-14(6-4-13)17-18(22(2)11-12-24)20(26)23(19(17)25)16-9-7-15(21)8-10-16/h3-10,24H,11-12H2,1-2H3. The predicted molar refractivity (Wildman–Crippen MR) is 102 cm³/mol. The summed E-state index contributed by atoms with van der Waals surface area (Å²) in [5, 5.41) is 9.79. The fraction of sp³-hybridized carbons (Fsp3) is 0.200. The zero-order valence-electron chi connectivity index (χ0n) is 14.6. The molecule has 3 rings (SSSR count). The van der Waals surface area contributed by atoms with Crippen LogP contribution in [0, 0.1) is 6.92 Å². The summed E-state index contributed by atoms with van der Waals surface area (Å²) in [5.74, 6) is -0.801. The third-order valence-electron chi connectivity index (χ3n) is 4.30. The van der Waals surface area contributed by atoms with Gasteiger partial charge in [0, 0.05) is 18.6 Å². The maximum absolute atomic E-state index is 13.1. The maximum Gasteiger partial charge on any atom is 0.282 e. The highest BCUT2D eigenvalue weighted by Crippen LogP contribution is 2.34. The van der Waals surface area contributed by atoms with Gasteiger partial charge in [0.25, 0.3) is 11.8 Å². The molecule has 0 saturated carbocycles. The molecule has 0 fully saturated rings. The summed E-state index contributed by atoms with van der Waals surface area (Å²) in [7, 11) is 1.69. The summed E-state index contributed by atoms with van der Waals surface area (Å²) >= 11 is 5.92. The molecule has 0 atom stereocenters. The number of aliphatic hydroxyl groups excluding tert-OH is 1. The molecule has 2 amide bonds. The van der Waals surface area contributed by atoms with Gasteiger partial charge in [-0.15, -0.1) is 0 Å². The van der Waals surface area contributed by atoms with Crippen molar-refractivity contribution in [2.45, 2.75) is 6.92 Å². The van der Waals surface area contributed by atoms with Crippen molar-refractivity contribution in [3.63, 3.8) is 0 Å². The molecule has 2 aromatic rings. The van der Waals surface area contributed by atoms with Crippen LogP contribution in [0.3, 0.4) is 0 Å². The van der Waals surface area contributed by atoms with Crippen LogP contribution in [0.4, 0.5) is 5.69 Å². The molecule has 0 saturated heterocycles. The summed E-state index contributed by atoms with van der Waals surface area (Å²) in [5.41, 5.74) is 2.81. The Balaban J connectivity index is 2.11. The normalized spacial score (nSPS) is 14.4. The van der Waals surface area contributed by atoms with Gasteiger partial charge in [0.2, 0.25) is 0 Å². The number of halogens is 1.